The number of rotatable bonds is 4. The Morgan fingerprint density at radius 2 is 1.91 bits per heavy atom. The molecule has 0 aliphatic rings. The van der Waals surface area contributed by atoms with Gasteiger partial charge in [-0.25, -0.2) is 4.98 Å². The Balaban J connectivity index is 1.70. The third-order valence-electron chi connectivity index (χ3n) is 3.13. The molecule has 22 heavy (non-hydrogen) atoms. The number of phenolic OH excluding ortho intramolecular Hbond substituents is 1. The van der Waals surface area contributed by atoms with E-state index in [1.165, 1.54) is 16.9 Å². The Morgan fingerprint density at radius 3 is 2.68 bits per heavy atom. The summed E-state index contributed by atoms with van der Waals surface area (Å²) >= 11 is 1.44. The number of hydrogen-bond donors (Lipinski definition) is 2. The molecule has 0 atom stereocenters. The number of anilines is 1. The molecule has 0 spiro atoms. The van der Waals surface area contributed by atoms with Crippen molar-refractivity contribution in [3.05, 3.63) is 65.9 Å². The number of benzene rings is 2. The molecule has 0 amide bonds. The van der Waals surface area contributed by atoms with Gasteiger partial charge in [0.2, 0.25) is 5.13 Å². The highest BCUT2D eigenvalue weighted by Crippen LogP contribution is 2.34. The van der Waals surface area contributed by atoms with E-state index in [0.717, 1.165) is 16.0 Å². The lowest BCUT2D eigenvalue weighted by atomic mass is 10.2. The Hall–Kier alpha value is -2.66. The summed E-state index contributed by atoms with van der Waals surface area (Å²) in [5.74, 6) is 0.251. The Morgan fingerprint density at radius 1 is 1.14 bits per heavy atom. The number of hydrogen-bond acceptors (Lipinski definition) is 5. The molecule has 0 bridgehead atoms. The van der Waals surface area contributed by atoms with Crippen molar-refractivity contribution in [2.45, 2.75) is 6.92 Å². The summed E-state index contributed by atoms with van der Waals surface area (Å²) in [7, 11) is 0. The van der Waals surface area contributed by atoms with Crippen molar-refractivity contribution in [3.63, 3.8) is 0 Å². The molecule has 2 N–H and O–H groups in total. The molecule has 4 nitrogen and oxygen atoms in total. The zero-order valence-electron chi connectivity index (χ0n) is 12.0. The highest BCUT2D eigenvalue weighted by atomic mass is 32.1. The van der Waals surface area contributed by atoms with Crippen molar-refractivity contribution in [2.24, 2.45) is 5.10 Å². The van der Waals surface area contributed by atoms with E-state index in [9.17, 15) is 5.11 Å². The van der Waals surface area contributed by atoms with Crippen LogP contribution in [0, 0.1) is 6.92 Å². The molecule has 0 aliphatic heterocycles. The third kappa shape index (κ3) is 3.32. The summed E-state index contributed by atoms with van der Waals surface area (Å²) in [4.78, 5) is 5.16. The first-order valence-corrected chi connectivity index (χ1v) is 7.64. The van der Waals surface area contributed by atoms with Crippen LogP contribution in [0.15, 0.2) is 59.8 Å². The fourth-order valence-electron chi connectivity index (χ4n) is 1.95. The quantitative estimate of drug-likeness (QED) is 0.559. The second kappa shape index (κ2) is 6.41. The first kappa shape index (κ1) is 14.3. The van der Waals surface area contributed by atoms with Gasteiger partial charge in [0.1, 0.15) is 5.75 Å². The molecule has 1 heterocycles. The monoisotopic (exact) mass is 309 g/mol. The van der Waals surface area contributed by atoms with Crippen molar-refractivity contribution < 1.29 is 5.11 Å². The van der Waals surface area contributed by atoms with Gasteiger partial charge in [-0.05, 0) is 24.6 Å². The maximum Gasteiger partial charge on any atom is 0.203 e. The predicted molar refractivity (Wildman–Crippen MR) is 91.6 cm³/mol. The number of aromatic nitrogens is 1. The van der Waals surface area contributed by atoms with Crippen LogP contribution in [0.4, 0.5) is 5.13 Å². The van der Waals surface area contributed by atoms with Crippen molar-refractivity contribution in [3.8, 4) is 16.2 Å². The Kier molecular flexibility index (Phi) is 4.16. The summed E-state index contributed by atoms with van der Waals surface area (Å²) < 4.78 is 0. The van der Waals surface area contributed by atoms with Gasteiger partial charge in [0.05, 0.1) is 11.1 Å². The van der Waals surface area contributed by atoms with Crippen molar-refractivity contribution in [1.82, 2.24) is 4.98 Å². The van der Waals surface area contributed by atoms with Gasteiger partial charge in [-0.15, -0.1) is 0 Å². The number of hydrazone groups is 1. The molecule has 0 aliphatic carbocycles. The normalized spacial score (nSPS) is 11.0. The molecule has 3 aromatic rings. The van der Waals surface area contributed by atoms with E-state index < -0.39 is 0 Å². The number of aromatic hydroxyl groups is 1. The van der Waals surface area contributed by atoms with Gasteiger partial charge in [0.25, 0.3) is 0 Å². The van der Waals surface area contributed by atoms with E-state index in [4.69, 9.17) is 0 Å². The summed E-state index contributed by atoms with van der Waals surface area (Å²) in [6.07, 6.45) is 3.48. The molecule has 0 radical (unpaired) electrons. The molecule has 0 saturated heterocycles. The van der Waals surface area contributed by atoms with Gasteiger partial charge in [0.15, 0.2) is 0 Å². The van der Waals surface area contributed by atoms with Crippen LogP contribution in [-0.4, -0.2) is 16.3 Å². The smallest absolute Gasteiger partial charge is 0.203 e. The lowest BCUT2D eigenvalue weighted by Gasteiger charge is -1.99. The Bertz CT molecular complexity index is 794. The fraction of sp³-hybridized carbons (Fsp3) is 0.0588. The molecular weight excluding hydrogens is 294 g/mol. The minimum absolute atomic E-state index is 0.251. The van der Waals surface area contributed by atoms with Crippen LogP contribution in [0.25, 0.3) is 10.4 Å². The van der Waals surface area contributed by atoms with Crippen LogP contribution in [0.5, 0.6) is 5.75 Å². The van der Waals surface area contributed by atoms with Crippen molar-refractivity contribution in [1.29, 1.82) is 0 Å². The lowest BCUT2D eigenvalue weighted by molar-refractivity contribution is 0.477. The summed E-state index contributed by atoms with van der Waals surface area (Å²) in [5, 5.41) is 14.7. The van der Waals surface area contributed by atoms with Gasteiger partial charge >= 0.3 is 0 Å². The molecule has 0 unspecified atom stereocenters. The maximum atomic E-state index is 9.85. The van der Waals surface area contributed by atoms with E-state index in [0.29, 0.717) is 5.13 Å². The zero-order valence-corrected chi connectivity index (χ0v) is 12.8. The highest BCUT2D eigenvalue weighted by molar-refractivity contribution is 7.18. The first-order valence-electron chi connectivity index (χ1n) is 6.82. The molecule has 0 saturated carbocycles. The van der Waals surface area contributed by atoms with Gasteiger partial charge < -0.3 is 5.11 Å². The van der Waals surface area contributed by atoms with Crippen LogP contribution in [0.3, 0.4) is 0 Å². The molecule has 2 aromatic carbocycles. The number of aryl methyl sites for hydroxylation is 1. The highest BCUT2D eigenvalue weighted by Gasteiger charge is 2.07. The van der Waals surface area contributed by atoms with E-state index in [1.54, 1.807) is 24.5 Å². The average molecular weight is 309 g/mol. The van der Waals surface area contributed by atoms with Crippen LogP contribution >= 0.6 is 11.3 Å². The standard InChI is InChI=1S/C17H15N3OS/c1-12-6-8-13(9-7-12)10-19-20-17-18-11-16(22-17)14-4-2-3-5-15(14)21/h2-11,21H,1H3,(H,18,20)/b19-10-. The minimum atomic E-state index is 0.251. The number of thiazole rings is 1. The largest absolute Gasteiger partial charge is 0.507 e. The summed E-state index contributed by atoms with van der Waals surface area (Å²) in [6.45, 7) is 2.05. The third-order valence-corrected chi connectivity index (χ3v) is 4.06. The first-order chi connectivity index (χ1) is 10.7. The number of phenols is 1. The van der Waals surface area contributed by atoms with E-state index in [1.807, 2.05) is 36.4 Å². The average Bonchev–Trinajstić information content (AvgIpc) is 2.98. The SMILES string of the molecule is Cc1ccc(/C=N\Nc2ncc(-c3ccccc3O)s2)cc1. The number of nitrogens with one attached hydrogen (secondary N) is 1. The maximum absolute atomic E-state index is 9.85. The fourth-order valence-corrected chi connectivity index (χ4v) is 2.75. The second-order valence-electron chi connectivity index (χ2n) is 4.83. The van der Waals surface area contributed by atoms with E-state index in [-0.39, 0.29) is 5.75 Å². The van der Waals surface area contributed by atoms with Gasteiger partial charge in [0, 0.05) is 11.8 Å². The summed E-state index contributed by atoms with van der Waals surface area (Å²) in [5.41, 5.74) is 5.93. The van der Waals surface area contributed by atoms with E-state index in [2.05, 4.69) is 22.4 Å². The molecule has 3 rings (SSSR count). The number of nitrogens with zero attached hydrogens (tertiary/aromatic N) is 2. The van der Waals surface area contributed by atoms with Crippen molar-refractivity contribution >= 4 is 22.7 Å². The van der Waals surface area contributed by atoms with Gasteiger partial charge in [-0.2, -0.15) is 5.10 Å². The van der Waals surface area contributed by atoms with Crippen LogP contribution in [-0.2, 0) is 0 Å². The topological polar surface area (TPSA) is 57.5 Å². The van der Waals surface area contributed by atoms with Crippen LogP contribution in [0.1, 0.15) is 11.1 Å². The zero-order chi connectivity index (χ0) is 15.4. The molecule has 5 heteroatoms. The molecule has 110 valence electrons. The van der Waals surface area contributed by atoms with Crippen LogP contribution in [0.2, 0.25) is 0 Å². The predicted octanol–water partition coefficient (Wildman–Crippen LogP) is 4.27. The molecule has 0 fully saturated rings. The molecule has 1 aromatic heterocycles. The van der Waals surface area contributed by atoms with Gasteiger partial charge in [-0.1, -0.05) is 53.3 Å². The Labute approximate surface area is 132 Å². The summed E-state index contributed by atoms with van der Waals surface area (Å²) in [6, 6.07) is 15.3. The second-order valence-corrected chi connectivity index (χ2v) is 5.86. The van der Waals surface area contributed by atoms with Crippen molar-refractivity contribution in [2.75, 3.05) is 5.43 Å². The van der Waals surface area contributed by atoms with Crippen LogP contribution < -0.4 is 5.43 Å². The molecular formula is C17H15N3OS. The van der Waals surface area contributed by atoms with E-state index >= 15 is 0 Å². The number of para-hydroxylation sites is 1. The van der Waals surface area contributed by atoms with Gasteiger partial charge in [-0.3, -0.25) is 5.43 Å². The minimum Gasteiger partial charge on any atom is -0.507 e. The lowest BCUT2D eigenvalue weighted by Crippen LogP contribution is -1.89.